The molecule has 1 N–H and O–H groups in total. The largest absolute Gasteiger partial charge is 0.481 e. The Kier molecular flexibility index (Phi) is 3.47. The van der Waals surface area contributed by atoms with Crippen LogP contribution in [0, 0.1) is 0 Å². The van der Waals surface area contributed by atoms with Gasteiger partial charge in [0.2, 0.25) is 5.88 Å². The Morgan fingerprint density at radius 3 is 3.20 bits per heavy atom. The van der Waals surface area contributed by atoms with E-state index in [2.05, 4.69) is 15.3 Å². The Labute approximate surface area is 116 Å². The van der Waals surface area contributed by atoms with Crippen LogP contribution in [0.25, 0.3) is 0 Å². The minimum absolute atomic E-state index is 0.0300. The van der Waals surface area contributed by atoms with Gasteiger partial charge in [0, 0.05) is 23.9 Å². The van der Waals surface area contributed by atoms with E-state index >= 15 is 0 Å². The van der Waals surface area contributed by atoms with Gasteiger partial charge in [-0.3, -0.25) is 9.36 Å². The number of hydrogen-bond acceptors (Lipinski definition) is 5. The van der Waals surface area contributed by atoms with Gasteiger partial charge < -0.3 is 10.1 Å². The molecule has 0 saturated heterocycles. The fraction of sp³-hybridized carbons (Fsp3) is 0.357. The quantitative estimate of drug-likeness (QED) is 0.872. The lowest BCUT2D eigenvalue weighted by Crippen LogP contribution is -2.34. The van der Waals surface area contributed by atoms with Crippen molar-refractivity contribution in [2.24, 2.45) is 0 Å². The van der Waals surface area contributed by atoms with Gasteiger partial charge in [-0.15, -0.1) is 0 Å². The second-order valence-corrected chi connectivity index (χ2v) is 4.70. The van der Waals surface area contributed by atoms with E-state index in [4.69, 9.17) is 4.74 Å². The zero-order valence-corrected chi connectivity index (χ0v) is 11.3. The first-order valence-corrected chi connectivity index (χ1v) is 6.55. The van der Waals surface area contributed by atoms with E-state index in [1.807, 2.05) is 12.1 Å². The summed E-state index contributed by atoms with van der Waals surface area (Å²) in [5, 5.41) is 3.21. The molecule has 0 bridgehead atoms. The highest BCUT2D eigenvalue weighted by molar-refractivity contribution is 5.26. The molecule has 3 heterocycles. The van der Waals surface area contributed by atoms with Crippen LogP contribution in [0.5, 0.6) is 5.88 Å². The Balaban J connectivity index is 1.97. The number of pyridine rings is 1. The number of nitrogens with one attached hydrogen (secondary N) is 1. The second-order valence-electron chi connectivity index (χ2n) is 4.70. The number of ether oxygens (including phenoxy) is 1. The van der Waals surface area contributed by atoms with Crippen LogP contribution >= 0.6 is 0 Å². The fourth-order valence-electron chi connectivity index (χ4n) is 2.41. The molecule has 1 aliphatic heterocycles. The van der Waals surface area contributed by atoms with Crippen molar-refractivity contribution in [2.45, 2.75) is 19.5 Å². The van der Waals surface area contributed by atoms with Crippen LogP contribution in [0.15, 0.2) is 29.5 Å². The summed E-state index contributed by atoms with van der Waals surface area (Å²) in [5.74, 6) is 0.541. The van der Waals surface area contributed by atoms with Gasteiger partial charge in [0.05, 0.1) is 25.7 Å². The summed E-state index contributed by atoms with van der Waals surface area (Å²) < 4.78 is 6.83. The number of rotatable bonds is 3. The van der Waals surface area contributed by atoms with E-state index in [1.54, 1.807) is 24.2 Å². The Morgan fingerprint density at radius 2 is 2.35 bits per heavy atom. The molecule has 0 fully saturated rings. The monoisotopic (exact) mass is 272 g/mol. The molecular formula is C14H16N4O2. The highest BCUT2D eigenvalue weighted by Crippen LogP contribution is 2.14. The van der Waals surface area contributed by atoms with Gasteiger partial charge in [-0.2, -0.15) is 0 Å². The molecule has 2 aromatic heterocycles. The number of hydrogen-bond donors (Lipinski definition) is 1. The third-order valence-electron chi connectivity index (χ3n) is 3.45. The van der Waals surface area contributed by atoms with Gasteiger partial charge in [-0.1, -0.05) is 6.07 Å². The average molecular weight is 272 g/mol. The predicted molar refractivity (Wildman–Crippen MR) is 73.8 cm³/mol. The van der Waals surface area contributed by atoms with Crippen molar-refractivity contribution < 1.29 is 4.74 Å². The summed E-state index contributed by atoms with van der Waals surface area (Å²) in [6, 6.07) is 3.73. The number of fused-ring (bicyclic) bond motifs is 1. The molecule has 6 heteroatoms. The van der Waals surface area contributed by atoms with Gasteiger partial charge >= 0.3 is 0 Å². The van der Waals surface area contributed by atoms with Crippen LogP contribution < -0.4 is 15.6 Å². The van der Waals surface area contributed by atoms with E-state index in [0.717, 1.165) is 29.8 Å². The molecule has 6 nitrogen and oxygen atoms in total. The topological polar surface area (TPSA) is 69.0 Å². The van der Waals surface area contributed by atoms with Crippen molar-refractivity contribution in [1.82, 2.24) is 19.9 Å². The van der Waals surface area contributed by atoms with Crippen molar-refractivity contribution in [3.8, 4) is 5.88 Å². The van der Waals surface area contributed by atoms with Crippen molar-refractivity contribution in [3.05, 3.63) is 51.8 Å². The minimum Gasteiger partial charge on any atom is -0.481 e. The van der Waals surface area contributed by atoms with Crippen molar-refractivity contribution >= 4 is 0 Å². The van der Waals surface area contributed by atoms with Gasteiger partial charge in [0.25, 0.3) is 5.56 Å². The molecule has 0 spiro atoms. The van der Waals surface area contributed by atoms with Crippen LogP contribution in [0.3, 0.4) is 0 Å². The average Bonchev–Trinajstić information content (AvgIpc) is 2.51. The van der Waals surface area contributed by atoms with Crippen LogP contribution in [-0.2, 0) is 19.5 Å². The molecule has 3 rings (SSSR count). The lowest BCUT2D eigenvalue weighted by atomic mass is 10.1. The molecule has 20 heavy (non-hydrogen) atoms. The van der Waals surface area contributed by atoms with Gasteiger partial charge in [0.1, 0.15) is 0 Å². The van der Waals surface area contributed by atoms with E-state index < -0.39 is 0 Å². The molecule has 1 aliphatic rings. The molecule has 2 aromatic rings. The first-order valence-electron chi connectivity index (χ1n) is 6.55. The third-order valence-corrected chi connectivity index (χ3v) is 3.45. The maximum Gasteiger partial charge on any atom is 0.257 e. The zero-order chi connectivity index (χ0) is 13.9. The maximum absolute atomic E-state index is 12.5. The molecule has 0 radical (unpaired) electrons. The first kappa shape index (κ1) is 12.8. The summed E-state index contributed by atoms with van der Waals surface area (Å²) in [6.07, 6.45) is 3.99. The molecule has 0 unspecified atom stereocenters. The number of methoxy groups -OCH3 is 1. The predicted octanol–water partition coefficient (Wildman–Crippen LogP) is 0.341. The summed E-state index contributed by atoms with van der Waals surface area (Å²) >= 11 is 0. The lowest BCUT2D eigenvalue weighted by molar-refractivity contribution is 0.390. The van der Waals surface area contributed by atoms with Crippen LogP contribution in [-0.4, -0.2) is 28.2 Å². The number of nitrogens with zero attached hydrogens (tertiary/aromatic N) is 3. The third kappa shape index (κ3) is 2.30. The Bertz CT molecular complexity index is 681. The SMILES string of the molecule is COc1ncccc1Cn1cnc2c(c1=O)CCNC2. The molecule has 0 aliphatic carbocycles. The summed E-state index contributed by atoms with van der Waals surface area (Å²) in [6.45, 7) is 1.91. The molecule has 0 aromatic carbocycles. The summed E-state index contributed by atoms with van der Waals surface area (Å²) in [5.41, 5.74) is 2.57. The maximum atomic E-state index is 12.5. The van der Waals surface area contributed by atoms with E-state index in [0.29, 0.717) is 19.0 Å². The first-order chi connectivity index (χ1) is 9.79. The fourth-order valence-corrected chi connectivity index (χ4v) is 2.41. The van der Waals surface area contributed by atoms with Crippen LogP contribution in [0.1, 0.15) is 16.8 Å². The minimum atomic E-state index is 0.0300. The van der Waals surface area contributed by atoms with Crippen molar-refractivity contribution in [3.63, 3.8) is 0 Å². The molecule has 0 atom stereocenters. The van der Waals surface area contributed by atoms with Gasteiger partial charge in [0.15, 0.2) is 0 Å². The summed E-state index contributed by atoms with van der Waals surface area (Å²) in [7, 11) is 1.57. The standard InChI is InChI=1S/C14H16N4O2/c1-20-13-10(3-2-5-16-13)8-18-9-17-12-7-15-6-4-11(12)14(18)19/h2-3,5,9,15H,4,6-8H2,1H3. The molecule has 0 amide bonds. The Morgan fingerprint density at radius 1 is 1.45 bits per heavy atom. The van der Waals surface area contributed by atoms with Crippen molar-refractivity contribution in [1.29, 1.82) is 0 Å². The zero-order valence-electron chi connectivity index (χ0n) is 11.3. The van der Waals surface area contributed by atoms with Crippen LogP contribution in [0.4, 0.5) is 0 Å². The lowest BCUT2D eigenvalue weighted by Gasteiger charge is -2.17. The van der Waals surface area contributed by atoms with E-state index in [1.165, 1.54) is 0 Å². The summed E-state index contributed by atoms with van der Waals surface area (Å²) in [4.78, 5) is 21.0. The van der Waals surface area contributed by atoms with E-state index in [9.17, 15) is 4.79 Å². The number of aromatic nitrogens is 3. The van der Waals surface area contributed by atoms with E-state index in [-0.39, 0.29) is 5.56 Å². The highest BCUT2D eigenvalue weighted by Gasteiger charge is 2.16. The molecule has 104 valence electrons. The Hall–Kier alpha value is -2.21. The van der Waals surface area contributed by atoms with Crippen LogP contribution in [0.2, 0.25) is 0 Å². The van der Waals surface area contributed by atoms with Crippen molar-refractivity contribution in [2.75, 3.05) is 13.7 Å². The van der Waals surface area contributed by atoms with Gasteiger partial charge in [-0.25, -0.2) is 9.97 Å². The van der Waals surface area contributed by atoms with Gasteiger partial charge in [-0.05, 0) is 19.0 Å². The molecule has 0 saturated carbocycles. The second kappa shape index (κ2) is 5.42. The highest BCUT2D eigenvalue weighted by atomic mass is 16.5. The molecular weight excluding hydrogens is 256 g/mol. The smallest absolute Gasteiger partial charge is 0.257 e. The normalized spacial score (nSPS) is 13.8.